The third kappa shape index (κ3) is 4.75. The van der Waals surface area contributed by atoms with Crippen LogP contribution in [0, 0.1) is 5.92 Å². The Kier molecular flexibility index (Phi) is 6.59. The van der Waals surface area contributed by atoms with Crippen molar-refractivity contribution in [3.05, 3.63) is 65.3 Å². The molecule has 1 saturated heterocycles. The Morgan fingerprint density at radius 3 is 2.74 bits per heavy atom. The molecular weight excluding hydrogens is 412 g/mol. The van der Waals surface area contributed by atoms with E-state index in [1.807, 2.05) is 47.5 Å². The standard InChI is InChI=1S/C24H27ClN4O2/c1-26-23(30)19-6-7-21(22(25)15-19)18-4-2-5-20(14-18)29-13-3-12-28(24(29)31)16-17-8-10-27-11-9-17/h2-7,13-15,17,27H,8-12,16H2,1H3,(H,26,30). The summed E-state index contributed by atoms with van der Waals surface area (Å²) >= 11 is 6.48. The predicted molar refractivity (Wildman–Crippen MR) is 124 cm³/mol. The minimum Gasteiger partial charge on any atom is -0.355 e. The molecule has 0 saturated carbocycles. The number of hydrogen-bond donors (Lipinski definition) is 2. The fourth-order valence-electron chi connectivity index (χ4n) is 4.16. The molecule has 0 aliphatic carbocycles. The molecule has 2 N–H and O–H groups in total. The van der Waals surface area contributed by atoms with Gasteiger partial charge in [-0.05, 0) is 67.8 Å². The topological polar surface area (TPSA) is 64.7 Å². The molecule has 2 aliphatic heterocycles. The van der Waals surface area contributed by atoms with E-state index in [4.69, 9.17) is 11.6 Å². The molecule has 2 aliphatic rings. The monoisotopic (exact) mass is 438 g/mol. The van der Waals surface area contributed by atoms with Crippen molar-refractivity contribution in [2.45, 2.75) is 12.8 Å². The van der Waals surface area contributed by atoms with E-state index in [0.29, 0.717) is 23.0 Å². The zero-order valence-electron chi connectivity index (χ0n) is 17.6. The maximum atomic E-state index is 13.2. The van der Waals surface area contributed by atoms with Crippen LogP contribution < -0.4 is 15.5 Å². The van der Waals surface area contributed by atoms with Crippen molar-refractivity contribution in [3.8, 4) is 11.1 Å². The Hall–Kier alpha value is -2.83. The average Bonchev–Trinajstić information content (AvgIpc) is 2.80. The molecule has 7 heteroatoms. The number of amides is 3. The number of piperidine rings is 1. The van der Waals surface area contributed by atoms with Gasteiger partial charge in [0.2, 0.25) is 0 Å². The number of halogens is 1. The zero-order valence-corrected chi connectivity index (χ0v) is 18.4. The quantitative estimate of drug-likeness (QED) is 0.738. The van der Waals surface area contributed by atoms with E-state index in [9.17, 15) is 9.59 Å². The summed E-state index contributed by atoms with van der Waals surface area (Å²) < 4.78 is 0. The van der Waals surface area contributed by atoms with E-state index in [2.05, 4.69) is 10.6 Å². The number of nitrogens with zero attached hydrogens (tertiary/aromatic N) is 2. The van der Waals surface area contributed by atoms with Crippen molar-refractivity contribution in [1.82, 2.24) is 15.5 Å². The minimum absolute atomic E-state index is 0.000700. The molecule has 0 unspecified atom stereocenters. The first-order valence-electron chi connectivity index (χ1n) is 10.6. The molecule has 0 atom stereocenters. The van der Waals surface area contributed by atoms with Gasteiger partial charge in [0.15, 0.2) is 0 Å². The SMILES string of the molecule is CNC(=O)c1ccc(-c2cccc(N3C=CCN(CC4CCNCC4)C3=O)c2)c(Cl)c1. The third-order valence-electron chi connectivity index (χ3n) is 5.89. The van der Waals surface area contributed by atoms with Crippen LogP contribution >= 0.6 is 11.6 Å². The molecule has 4 rings (SSSR count). The Morgan fingerprint density at radius 2 is 2.00 bits per heavy atom. The number of urea groups is 1. The molecule has 3 amide bonds. The van der Waals surface area contributed by atoms with Crippen molar-refractivity contribution in [2.75, 3.05) is 38.1 Å². The number of carbonyl (C=O) groups is 2. The van der Waals surface area contributed by atoms with E-state index >= 15 is 0 Å². The highest BCUT2D eigenvalue weighted by Crippen LogP contribution is 2.32. The van der Waals surface area contributed by atoms with Gasteiger partial charge in [0.05, 0.1) is 5.69 Å². The molecular formula is C24H27ClN4O2. The first-order valence-corrected chi connectivity index (χ1v) is 11.0. The van der Waals surface area contributed by atoms with E-state index in [-0.39, 0.29) is 11.9 Å². The van der Waals surface area contributed by atoms with Crippen LogP contribution in [0.5, 0.6) is 0 Å². The summed E-state index contributed by atoms with van der Waals surface area (Å²) in [6.07, 6.45) is 6.08. The predicted octanol–water partition coefficient (Wildman–Crippen LogP) is 4.12. The maximum Gasteiger partial charge on any atom is 0.328 e. The molecule has 1 fully saturated rings. The van der Waals surface area contributed by atoms with Crippen LogP contribution in [0.1, 0.15) is 23.2 Å². The first kappa shape index (κ1) is 21.4. The van der Waals surface area contributed by atoms with Gasteiger partial charge in [-0.3, -0.25) is 9.69 Å². The number of benzene rings is 2. The van der Waals surface area contributed by atoms with Crippen molar-refractivity contribution in [2.24, 2.45) is 5.92 Å². The van der Waals surface area contributed by atoms with E-state index in [0.717, 1.165) is 49.3 Å². The summed E-state index contributed by atoms with van der Waals surface area (Å²) in [5, 5.41) is 6.47. The molecule has 6 nitrogen and oxygen atoms in total. The fourth-order valence-corrected chi connectivity index (χ4v) is 4.45. The van der Waals surface area contributed by atoms with Crippen molar-refractivity contribution < 1.29 is 9.59 Å². The van der Waals surface area contributed by atoms with Crippen LogP contribution in [0.15, 0.2) is 54.7 Å². The van der Waals surface area contributed by atoms with Crippen molar-refractivity contribution >= 4 is 29.2 Å². The van der Waals surface area contributed by atoms with Gasteiger partial charge in [0, 0.05) is 42.5 Å². The van der Waals surface area contributed by atoms with Gasteiger partial charge >= 0.3 is 6.03 Å². The van der Waals surface area contributed by atoms with E-state index in [1.165, 1.54) is 0 Å². The highest BCUT2D eigenvalue weighted by Gasteiger charge is 2.26. The van der Waals surface area contributed by atoms with Gasteiger partial charge in [-0.1, -0.05) is 29.8 Å². The van der Waals surface area contributed by atoms with Crippen molar-refractivity contribution in [3.63, 3.8) is 0 Å². The number of nitrogens with one attached hydrogen (secondary N) is 2. The molecule has 0 radical (unpaired) electrons. The largest absolute Gasteiger partial charge is 0.355 e. The summed E-state index contributed by atoms with van der Waals surface area (Å²) in [7, 11) is 1.59. The van der Waals surface area contributed by atoms with Crippen LogP contribution in [0.3, 0.4) is 0 Å². The first-order chi connectivity index (χ1) is 15.1. The molecule has 2 aromatic rings. The van der Waals surface area contributed by atoms with Crippen LogP contribution in [-0.2, 0) is 0 Å². The number of hydrogen-bond acceptors (Lipinski definition) is 3. The molecule has 2 aromatic carbocycles. The fraction of sp³-hybridized carbons (Fsp3) is 0.333. The van der Waals surface area contributed by atoms with Gasteiger partial charge < -0.3 is 15.5 Å². The van der Waals surface area contributed by atoms with Gasteiger partial charge in [-0.2, -0.15) is 0 Å². The summed E-state index contributed by atoms with van der Waals surface area (Å²) in [6.45, 7) is 3.47. The number of rotatable bonds is 5. The molecule has 2 heterocycles. The van der Waals surface area contributed by atoms with Crippen LogP contribution in [-0.4, -0.2) is 50.1 Å². The Labute approximate surface area is 187 Å². The molecule has 0 aromatic heterocycles. The van der Waals surface area contributed by atoms with Gasteiger partial charge in [-0.25, -0.2) is 4.79 Å². The third-order valence-corrected chi connectivity index (χ3v) is 6.20. The highest BCUT2D eigenvalue weighted by atomic mass is 35.5. The summed E-state index contributed by atoms with van der Waals surface area (Å²) in [5.74, 6) is 0.364. The summed E-state index contributed by atoms with van der Waals surface area (Å²) in [5.41, 5.74) is 3.01. The van der Waals surface area contributed by atoms with Gasteiger partial charge in [-0.15, -0.1) is 0 Å². The number of anilines is 1. The molecule has 0 spiro atoms. The second-order valence-electron chi connectivity index (χ2n) is 7.96. The van der Waals surface area contributed by atoms with E-state index in [1.54, 1.807) is 24.1 Å². The molecule has 0 bridgehead atoms. The molecule has 31 heavy (non-hydrogen) atoms. The lowest BCUT2D eigenvalue weighted by Gasteiger charge is -2.35. The lowest BCUT2D eigenvalue weighted by Crippen LogP contribution is -2.47. The molecule has 162 valence electrons. The van der Waals surface area contributed by atoms with Crippen LogP contribution in [0.4, 0.5) is 10.5 Å². The normalized spacial score (nSPS) is 17.2. The average molecular weight is 439 g/mol. The lowest BCUT2D eigenvalue weighted by molar-refractivity contribution is 0.0963. The zero-order chi connectivity index (χ0) is 21.8. The minimum atomic E-state index is -0.180. The Morgan fingerprint density at radius 1 is 1.19 bits per heavy atom. The van der Waals surface area contributed by atoms with Crippen LogP contribution in [0.2, 0.25) is 5.02 Å². The Balaban J connectivity index is 1.55. The summed E-state index contributed by atoms with van der Waals surface area (Å²) in [4.78, 5) is 28.7. The van der Waals surface area contributed by atoms with E-state index < -0.39 is 0 Å². The number of carbonyl (C=O) groups excluding carboxylic acids is 2. The maximum absolute atomic E-state index is 13.2. The van der Waals surface area contributed by atoms with Gasteiger partial charge in [0.1, 0.15) is 0 Å². The summed E-state index contributed by atoms with van der Waals surface area (Å²) in [6, 6.07) is 13.0. The van der Waals surface area contributed by atoms with Gasteiger partial charge in [0.25, 0.3) is 5.91 Å². The lowest BCUT2D eigenvalue weighted by atomic mass is 9.97. The second kappa shape index (κ2) is 9.54. The second-order valence-corrected chi connectivity index (χ2v) is 8.37. The Bertz CT molecular complexity index is 1000. The smallest absolute Gasteiger partial charge is 0.328 e. The van der Waals surface area contributed by atoms with Crippen molar-refractivity contribution in [1.29, 1.82) is 0 Å². The highest BCUT2D eigenvalue weighted by molar-refractivity contribution is 6.33. The van der Waals surface area contributed by atoms with Crippen LogP contribution in [0.25, 0.3) is 11.1 Å².